The highest BCUT2D eigenvalue weighted by Crippen LogP contribution is 2.14. The first-order valence-corrected chi connectivity index (χ1v) is 8.10. The second kappa shape index (κ2) is 9.33. The van der Waals surface area contributed by atoms with E-state index in [9.17, 15) is 18.8 Å². The highest BCUT2D eigenvalue weighted by Gasteiger charge is 2.18. The summed E-state index contributed by atoms with van der Waals surface area (Å²) in [7, 11) is 0. The smallest absolute Gasteiger partial charge is 0.344 e. The predicted molar refractivity (Wildman–Crippen MR) is 96.8 cm³/mol. The number of anilines is 2. The first-order valence-electron chi connectivity index (χ1n) is 8.10. The summed E-state index contributed by atoms with van der Waals surface area (Å²) in [5, 5.41) is 5.21. The maximum atomic E-state index is 12.8. The standard InChI is InChI=1S/C19H19FN2O5/c1-12(27-18(24)11-26-17-9-3-14(20)4-10-17)19(25)22-16-7-5-15(6-8-16)21-13(2)23/h3-10,12H,11H2,1-2H3,(H,21,23)(H,22,25)/t12-/m1/s1. The molecule has 0 aliphatic rings. The molecule has 2 N–H and O–H groups in total. The Morgan fingerprint density at radius 1 is 0.963 bits per heavy atom. The van der Waals surface area contributed by atoms with Crippen molar-refractivity contribution in [2.45, 2.75) is 20.0 Å². The van der Waals surface area contributed by atoms with Gasteiger partial charge in [-0.3, -0.25) is 9.59 Å². The molecule has 2 amide bonds. The zero-order valence-electron chi connectivity index (χ0n) is 14.8. The average molecular weight is 374 g/mol. The van der Waals surface area contributed by atoms with Gasteiger partial charge in [-0.25, -0.2) is 9.18 Å². The Hall–Kier alpha value is -3.42. The number of carbonyl (C=O) groups excluding carboxylic acids is 3. The number of amides is 2. The second-order valence-electron chi connectivity index (χ2n) is 5.62. The van der Waals surface area contributed by atoms with Gasteiger partial charge in [0.15, 0.2) is 12.7 Å². The largest absolute Gasteiger partial charge is 0.482 e. The summed E-state index contributed by atoms with van der Waals surface area (Å²) in [6.07, 6.45) is -1.04. The summed E-state index contributed by atoms with van der Waals surface area (Å²) in [5.41, 5.74) is 1.08. The Labute approximate surface area is 155 Å². The van der Waals surface area contributed by atoms with Crippen LogP contribution in [0.4, 0.5) is 15.8 Å². The van der Waals surface area contributed by atoms with Gasteiger partial charge in [-0.05, 0) is 55.5 Å². The van der Waals surface area contributed by atoms with Gasteiger partial charge in [0.1, 0.15) is 11.6 Å². The van der Waals surface area contributed by atoms with Gasteiger partial charge >= 0.3 is 5.97 Å². The van der Waals surface area contributed by atoms with E-state index in [-0.39, 0.29) is 5.91 Å². The first kappa shape index (κ1) is 19.9. The third kappa shape index (κ3) is 6.77. The fraction of sp³-hybridized carbons (Fsp3) is 0.211. The fourth-order valence-electron chi connectivity index (χ4n) is 2.04. The molecule has 0 unspecified atom stereocenters. The quantitative estimate of drug-likeness (QED) is 0.727. The molecule has 27 heavy (non-hydrogen) atoms. The van der Waals surface area contributed by atoms with Crippen molar-refractivity contribution >= 4 is 29.2 Å². The van der Waals surface area contributed by atoms with Gasteiger partial charge in [0.05, 0.1) is 0 Å². The van der Waals surface area contributed by atoms with E-state index in [0.717, 1.165) is 0 Å². The zero-order valence-corrected chi connectivity index (χ0v) is 14.8. The topological polar surface area (TPSA) is 93.7 Å². The molecule has 8 heteroatoms. The molecule has 0 radical (unpaired) electrons. The lowest BCUT2D eigenvalue weighted by atomic mass is 10.2. The molecule has 2 aromatic carbocycles. The van der Waals surface area contributed by atoms with Crippen LogP contribution in [0.15, 0.2) is 48.5 Å². The van der Waals surface area contributed by atoms with E-state index in [2.05, 4.69) is 10.6 Å². The number of nitrogens with one attached hydrogen (secondary N) is 2. The van der Waals surface area contributed by atoms with Crippen molar-refractivity contribution in [3.8, 4) is 5.75 Å². The van der Waals surface area contributed by atoms with Gasteiger partial charge in [-0.1, -0.05) is 0 Å². The van der Waals surface area contributed by atoms with Gasteiger partial charge in [-0.15, -0.1) is 0 Å². The molecule has 0 aromatic heterocycles. The summed E-state index contributed by atoms with van der Waals surface area (Å²) in [6.45, 7) is 2.41. The molecule has 0 aliphatic heterocycles. The lowest BCUT2D eigenvalue weighted by Gasteiger charge is -2.14. The predicted octanol–water partition coefficient (Wildman–Crippen LogP) is 2.73. The van der Waals surface area contributed by atoms with Gasteiger partial charge in [0.2, 0.25) is 5.91 Å². The Bertz CT molecular complexity index is 806. The zero-order chi connectivity index (χ0) is 19.8. The van der Waals surface area contributed by atoms with Crippen molar-refractivity contribution in [2.75, 3.05) is 17.2 Å². The molecule has 2 rings (SSSR count). The number of rotatable bonds is 7. The van der Waals surface area contributed by atoms with Crippen LogP contribution in [0.3, 0.4) is 0 Å². The minimum Gasteiger partial charge on any atom is -0.482 e. The highest BCUT2D eigenvalue weighted by molar-refractivity contribution is 5.95. The van der Waals surface area contributed by atoms with Crippen LogP contribution in [0.1, 0.15) is 13.8 Å². The number of halogens is 1. The number of carbonyl (C=O) groups is 3. The maximum absolute atomic E-state index is 12.8. The van der Waals surface area contributed by atoms with Gasteiger partial charge in [0, 0.05) is 18.3 Å². The van der Waals surface area contributed by atoms with E-state index in [0.29, 0.717) is 17.1 Å². The third-order valence-electron chi connectivity index (χ3n) is 3.32. The molecular weight excluding hydrogens is 355 g/mol. The number of ether oxygens (including phenoxy) is 2. The minimum absolute atomic E-state index is 0.199. The molecule has 0 saturated heterocycles. The number of esters is 1. The van der Waals surface area contributed by atoms with Crippen molar-refractivity contribution in [3.05, 3.63) is 54.3 Å². The second-order valence-corrected chi connectivity index (χ2v) is 5.62. The van der Waals surface area contributed by atoms with E-state index in [1.165, 1.54) is 38.1 Å². The number of hydrogen-bond donors (Lipinski definition) is 2. The van der Waals surface area contributed by atoms with Crippen LogP contribution in [-0.2, 0) is 19.1 Å². The van der Waals surface area contributed by atoms with Crippen LogP contribution < -0.4 is 15.4 Å². The lowest BCUT2D eigenvalue weighted by molar-refractivity contribution is -0.155. The summed E-state index contributed by atoms with van der Waals surface area (Å²) >= 11 is 0. The molecule has 0 bridgehead atoms. The van der Waals surface area contributed by atoms with E-state index in [1.54, 1.807) is 24.3 Å². The fourth-order valence-corrected chi connectivity index (χ4v) is 2.04. The lowest BCUT2D eigenvalue weighted by Crippen LogP contribution is -2.31. The molecule has 2 aromatic rings. The SMILES string of the molecule is CC(=O)Nc1ccc(NC(=O)[C@@H](C)OC(=O)COc2ccc(F)cc2)cc1. The van der Waals surface area contributed by atoms with E-state index >= 15 is 0 Å². The third-order valence-corrected chi connectivity index (χ3v) is 3.32. The Morgan fingerprint density at radius 2 is 1.52 bits per heavy atom. The van der Waals surface area contributed by atoms with Gasteiger partial charge < -0.3 is 20.1 Å². The normalized spacial score (nSPS) is 11.2. The van der Waals surface area contributed by atoms with Crippen LogP contribution in [-0.4, -0.2) is 30.5 Å². The van der Waals surface area contributed by atoms with Crippen LogP contribution in [0.5, 0.6) is 5.75 Å². The van der Waals surface area contributed by atoms with E-state index in [1.807, 2.05) is 0 Å². The van der Waals surface area contributed by atoms with Gasteiger partial charge in [0.25, 0.3) is 5.91 Å². The van der Waals surface area contributed by atoms with E-state index < -0.39 is 30.4 Å². The number of benzene rings is 2. The molecule has 1 atom stereocenters. The highest BCUT2D eigenvalue weighted by atomic mass is 19.1. The Balaban J connectivity index is 1.79. The van der Waals surface area contributed by atoms with Crippen molar-refractivity contribution in [1.29, 1.82) is 0 Å². The summed E-state index contributed by atoms with van der Waals surface area (Å²) in [5.74, 6) is -1.55. The van der Waals surface area contributed by atoms with E-state index in [4.69, 9.17) is 9.47 Å². The molecule has 7 nitrogen and oxygen atoms in total. The summed E-state index contributed by atoms with van der Waals surface area (Å²) < 4.78 is 23.0. The summed E-state index contributed by atoms with van der Waals surface area (Å²) in [6, 6.07) is 11.6. The molecule has 0 heterocycles. The van der Waals surface area contributed by atoms with Crippen LogP contribution in [0.2, 0.25) is 0 Å². The maximum Gasteiger partial charge on any atom is 0.344 e. The monoisotopic (exact) mass is 374 g/mol. The van der Waals surface area contributed by atoms with Crippen LogP contribution in [0.25, 0.3) is 0 Å². The molecule has 142 valence electrons. The molecule has 0 saturated carbocycles. The minimum atomic E-state index is -1.04. The Kier molecular flexibility index (Phi) is 6.87. The average Bonchev–Trinajstić information content (AvgIpc) is 2.62. The summed E-state index contributed by atoms with van der Waals surface area (Å²) in [4.78, 5) is 34.8. The van der Waals surface area contributed by atoms with Crippen molar-refractivity contribution in [2.24, 2.45) is 0 Å². The molecule has 0 spiro atoms. The molecular formula is C19H19FN2O5. The first-order chi connectivity index (χ1) is 12.8. The Morgan fingerprint density at radius 3 is 2.07 bits per heavy atom. The molecule has 0 fully saturated rings. The molecule has 0 aliphatic carbocycles. The van der Waals surface area contributed by atoms with Crippen LogP contribution >= 0.6 is 0 Å². The van der Waals surface area contributed by atoms with Gasteiger partial charge in [-0.2, -0.15) is 0 Å². The van der Waals surface area contributed by atoms with Crippen LogP contribution in [0, 0.1) is 5.82 Å². The van der Waals surface area contributed by atoms with Crippen molar-refractivity contribution in [3.63, 3.8) is 0 Å². The van der Waals surface area contributed by atoms with Crippen molar-refractivity contribution < 1.29 is 28.2 Å². The number of hydrogen-bond acceptors (Lipinski definition) is 5. The van der Waals surface area contributed by atoms with Crippen molar-refractivity contribution in [1.82, 2.24) is 0 Å².